The van der Waals surface area contributed by atoms with Crippen molar-refractivity contribution < 1.29 is 9.53 Å². The lowest BCUT2D eigenvalue weighted by Crippen LogP contribution is -2.11. The van der Waals surface area contributed by atoms with E-state index in [4.69, 9.17) is 22.1 Å². The van der Waals surface area contributed by atoms with Crippen molar-refractivity contribution in [3.63, 3.8) is 0 Å². The average molecular weight is 366 g/mol. The molecule has 0 aliphatic rings. The first-order valence-electron chi connectivity index (χ1n) is 8.24. The van der Waals surface area contributed by atoms with Crippen LogP contribution in [0.1, 0.15) is 17.3 Å². The fourth-order valence-corrected chi connectivity index (χ4v) is 3.52. The van der Waals surface area contributed by atoms with E-state index in [1.807, 2.05) is 54.6 Å². The number of carbonyl (C=O) groups is 1. The number of aromatic nitrogens is 2. The molecule has 0 amide bonds. The van der Waals surface area contributed by atoms with Crippen molar-refractivity contribution in [2.24, 2.45) is 0 Å². The summed E-state index contributed by atoms with van der Waals surface area (Å²) in [5.41, 5.74) is 10.0. The molecule has 130 valence electrons. The first-order valence-corrected chi connectivity index (χ1v) is 8.62. The molecule has 2 aromatic carbocycles. The zero-order chi connectivity index (χ0) is 18.3. The summed E-state index contributed by atoms with van der Waals surface area (Å²) in [6.45, 7) is 1.99. The molecule has 0 unspecified atom stereocenters. The third kappa shape index (κ3) is 2.40. The fraction of sp³-hybridized carbons (Fsp3) is 0.100. The molecule has 4 rings (SSSR count). The number of pyridine rings is 1. The zero-order valence-corrected chi connectivity index (χ0v) is 14.8. The van der Waals surface area contributed by atoms with Gasteiger partial charge in [-0.05, 0) is 24.6 Å². The maximum Gasteiger partial charge on any atom is 0.343 e. The molecule has 5 nitrogen and oxygen atoms in total. The number of anilines is 1. The number of hydrogen-bond acceptors (Lipinski definition) is 4. The monoisotopic (exact) mass is 365 g/mol. The van der Waals surface area contributed by atoms with Crippen LogP contribution < -0.4 is 5.73 Å². The number of esters is 1. The van der Waals surface area contributed by atoms with E-state index in [0.29, 0.717) is 17.0 Å². The largest absolute Gasteiger partial charge is 0.462 e. The van der Waals surface area contributed by atoms with E-state index < -0.39 is 5.97 Å². The van der Waals surface area contributed by atoms with E-state index >= 15 is 0 Å². The standard InChI is InChI=1S/C20H16ClN3O2/c1-2-26-20(25)16-17(21)15(12-8-4-3-5-9-12)18(22)24-14-11-7-6-10-13(14)23-19(16)24/h3-11H,2,22H2,1H3. The van der Waals surface area contributed by atoms with Gasteiger partial charge in [0.25, 0.3) is 0 Å². The van der Waals surface area contributed by atoms with Crippen molar-refractivity contribution in [3.8, 4) is 11.1 Å². The summed E-state index contributed by atoms with van der Waals surface area (Å²) in [7, 11) is 0. The number of ether oxygens (including phenoxy) is 1. The van der Waals surface area contributed by atoms with Crippen LogP contribution in [0.3, 0.4) is 0 Å². The van der Waals surface area contributed by atoms with Gasteiger partial charge in [-0.25, -0.2) is 9.78 Å². The number of nitrogen functional groups attached to an aromatic ring is 1. The Morgan fingerprint density at radius 3 is 2.58 bits per heavy atom. The molecule has 0 saturated heterocycles. The van der Waals surface area contributed by atoms with E-state index in [9.17, 15) is 4.79 Å². The lowest BCUT2D eigenvalue weighted by atomic mass is 10.0. The second-order valence-corrected chi connectivity index (χ2v) is 6.17. The lowest BCUT2D eigenvalue weighted by molar-refractivity contribution is 0.0528. The molecular weight excluding hydrogens is 350 g/mol. The number of nitrogens with zero attached hydrogens (tertiary/aromatic N) is 2. The summed E-state index contributed by atoms with van der Waals surface area (Å²) in [5, 5.41) is 0.245. The quantitative estimate of drug-likeness (QED) is 0.540. The van der Waals surface area contributed by atoms with Crippen LogP contribution in [0.2, 0.25) is 5.02 Å². The van der Waals surface area contributed by atoms with Gasteiger partial charge in [0.1, 0.15) is 11.4 Å². The summed E-state index contributed by atoms with van der Waals surface area (Å²) in [5.74, 6) is -0.0899. The summed E-state index contributed by atoms with van der Waals surface area (Å²) in [4.78, 5) is 17.2. The summed E-state index contributed by atoms with van der Waals surface area (Å²) in [6, 6.07) is 17.1. The number of para-hydroxylation sites is 2. The molecule has 0 radical (unpaired) electrons. The third-order valence-corrected chi connectivity index (χ3v) is 4.64. The molecule has 26 heavy (non-hydrogen) atoms. The second kappa shape index (κ2) is 6.35. The Kier molecular flexibility index (Phi) is 4.01. The number of imidazole rings is 1. The number of carbonyl (C=O) groups excluding carboxylic acids is 1. The summed E-state index contributed by atoms with van der Waals surface area (Å²) < 4.78 is 6.99. The Labute approximate surface area is 155 Å². The Balaban J connectivity index is 2.19. The predicted octanol–water partition coefficient (Wildman–Crippen LogP) is 4.57. The molecule has 2 N–H and O–H groups in total. The minimum atomic E-state index is -0.519. The highest BCUT2D eigenvalue weighted by Crippen LogP contribution is 2.39. The molecule has 0 aliphatic heterocycles. The predicted molar refractivity (Wildman–Crippen MR) is 104 cm³/mol. The van der Waals surface area contributed by atoms with Gasteiger partial charge >= 0.3 is 5.97 Å². The SMILES string of the molecule is CCOC(=O)c1c(Cl)c(-c2ccccc2)c(N)n2c1nc1ccccc12. The smallest absolute Gasteiger partial charge is 0.343 e. The van der Waals surface area contributed by atoms with Gasteiger partial charge < -0.3 is 10.5 Å². The van der Waals surface area contributed by atoms with Gasteiger partial charge in [0.15, 0.2) is 5.65 Å². The molecule has 4 aromatic rings. The van der Waals surface area contributed by atoms with E-state index in [2.05, 4.69) is 4.98 Å². The Hall–Kier alpha value is -3.05. The molecule has 0 bridgehead atoms. The van der Waals surface area contributed by atoms with Gasteiger partial charge in [0.2, 0.25) is 0 Å². The number of hydrogen-bond donors (Lipinski definition) is 1. The van der Waals surface area contributed by atoms with Gasteiger partial charge in [-0.3, -0.25) is 4.40 Å². The Morgan fingerprint density at radius 2 is 1.85 bits per heavy atom. The lowest BCUT2D eigenvalue weighted by Gasteiger charge is -2.15. The van der Waals surface area contributed by atoms with Crippen LogP contribution in [-0.4, -0.2) is 22.0 Å². The van der Waals surface area contributed by atoms with Crippen molar-refractivity contribution in [1.82, 2.24) is 9.38 Å². The molecule has 6 heteroatoms. The molecule has 0 atom stereocenters. The zero-order valence-electron chi connectivity index (χ0n) is 14.1. The molecule has 0 saturated carbocycles. The topological polar surface area (TPSA) is 69.6 Å². The van der Waals surface area contributed by atoms with Crippen LogP contribution in [0.15, 0.2) is 54.6 Å². The van der Waals surface area contributed by atoms with E-state index in [1.165, 1.54) is 0 Å². The highest BCUT2D eigenvalue weighted by molar-refractivity contribution is 6.38. The average Bonchev–Trinajstić information content (AvgIpc) is 3.02. The normalized spacial score (nSPS) is 11.2. The Bertz CT molecular complexity index is 1140. The van der Waals surface area contributed by atoms with E-state index in [0.717, 1.165) is 16.6 Å². The van der Waals surface area contributed by atoms with E-state index in [-0.39, 0.29) is 17.2 Å². The van der Waals surface area contributed by atoms with Gasteiger partial charge in [-0.2, -0.15) is 0 Å². The van der Waals surface area contributed by atoms with Crippen LogP contribution in [0, 0.1) is 0 Å². The Morgan fingerprint density at radius 1 is 1.15 bits per heavy atom. The van der Waals surface area contributed by atoms with Gasteiger partial charge in [0.05, 0.1) is 22.7 Å². The van der Waals surface area contributed by atoms with Crippen molar-refractivity contribution in [3.05, 3.63) is 65.2 Å². The first-order chi connectivity index (χ1) is 12.6. The van der Waals surface area contributed by atoms with Crippen LogP contribution in [0.5, 0.6) is 0 Å². The minimum absolute atomic E-state index is 0.220. The summed E-state index contributed by atoms with van der Waals surface area (Å²) >= 11 is 6.65. The number of rotatable bonds is 3. The first kappa shape index (κ1) is 16.4. The van der Waals surface area contributed by atoms with Gasteiger partial charge in [-0.1, -0.05) is 54.1 Å². The maximum atomic E-state index is 12.7. The van der Waals surface area contributed by atoms with E-state index in [1.54, 1.807) is 11.3 Å². The van der Waals surface area contributed by atoms with Crippen molar-refractivity contribution in [2.75, 3.05) is 12.3 Å². The fourth-order valence-electron chi connectivity index (χ4n) is 3.15. The highest BCUT2D eigenvalue weighted by Gasteiger charge is 2.26. The van der Waals surface area contributed by atoms with Crippen LogP contribution in [0.4, 0.5) is 5.82 Å². The molecule has 0 spiro atoms. The molecule has 0 aliphatic carbocycles. The number of halogens is 1. The van der Waals surface area contributed by atoms with Crippen LogP contribution in [-0.2, 0) is 4.74 Å². The van der Waals surface area contributed by atoms with Crippen LogP contribution in [0.25, 0.3) is 27.8 Å². The molecule has 2 heterocycles. The van der Waals surface area contributed by atoms with Gasteiger partial charge in [-0.15, -0.1) is 0 Å². The van der Waals surface area contributed by atoms with Crippen LogP contribution >= 0.6 is 11.6 Å². The third-order valence-electron chi connectivity index (χ3n) is 4.26. The molecular formula is C20H16ClN3O2. The minimum Gasteiger partial charge on any atom is -0.462 e. The second-order valence-electron chi connectivity index (χ2n) is 5.80. The van der Waals surface area contributed by atoms with Crippen molar-refractivity contribution in [1.29, 1.82) is 0 Å². The maximum absolute atomic E-state index is 12.7. The molecule has 0 fully saturated rings. The highest BCUT2D eigenvalue weighted by atomic mass is 35.5. The van der Waals surface area contributed by atoms with Crippen molar-refractivity contribution in [2.45, 2.75) is 6.92 Å². The van der Waals surface area contributed by atoms with Gasteiger partial charge in [0, 0.05) is 5.56 Å². The number of fused-ring (bicyclic) bond motifs is 3. The number of benzene rings is 2. The molecule has 2 aromatic heterocycles. The number of nitrogens with two attached hydrogens (primary N) is 1. The van der Waals surface area contributed by atoms with Crippen molar-refractivity contribution >= 4 is 40.1 Å². The summed E-state index contributed by atoms with van der Waals surface area (Å²) in [6.07, 6.45) is 0.